The zero-order valence-electron chi connectivity index (χ0n) is 19.5. The molecule has 0 saturated carbocycles. The first-order valence-electron chi connectivity index (χ1n) is 12.1. The first kappa shape index (κ1) is 22.7. The van der Waals surface area contributed by atoms with Crippen LogP contribution >= 0.6 is 0 Å². The molecule has 2 unspecified atom stereocenters. The van der Waals surface area contributed by atoms with Gasteiger partial charge in [0.1, 0.15) is 17.8 Å². The maximum absolute atomic E-state index is 12.6. The van der Waals surface area contributed by atoms with Crippen molar-refractivity contribution in [1.29, 1.82) is 0 Å². The summed E-state index contributed by atoms with van der Waals surface area (Å²) in [4.78, 5) is 36.6. The van der Waals surface area contributed by atoms with Crippen LogP contribution in [0.4, 0.5) is 5.82 Å². The second-order valence-corrected chi connectivity index (χ2v) is 9.61. The van der Waals surface area contributed by atoms with Gasteiger partial charge in [-0.2, -0.15) is 0 Å². The Hall–Kier alpha value is -3.04. The van der Waals surface area contributed by atoms with Crippen LogP contribution in [0.15, 0.2) is 36.7 Å². The number of carbonyl (C=O) groups excluding carboxylic acids is 2. The molecule has 2 amide bonds. The van der Waals surface area contributed by atoms with Crippen LogP contribution in [0.1, 0.15) is 59.8 Å². The number of fused-ring (bicyclic) bond motifs is 5. The lowest BCUT2D eigenvalue weighted by molar-refractivity contribution is -0.129. The van der Waals surface area contributed by atoms with Crippen LogP contribution in [0.3, 0.4) is 0 Å². The second-order valence-electron chi connectivity index (χ2n) is 9.61. The van der Waals surface area contributed by atoms with Crippen molar-refractivity contribution in [3.8, 4) is 0 Å². The number of amides is 2. The van der Waals surface area contributed by atoms with Crippen LogP contribution in [0, 0.1) is 0 Å². The fraction of sp³-hybridized carbons (Fsp3) is 0.520. The summed E-state index contributed by atoms with van der Waals surface area (Å²) >= 11 is 0. The number of likely N-dealkylation sites (tertiary alicyclic amines) is 2. The monoisotopic (exact) mass is 464 g/mol. The van der Waals surface area contributed by atoms with Gasteiger partial charge in [-0.1, -0.05) is 24.3 Å². The molecule has 1 aromatic heterocycles. The van der Waals surface area contributed by atoms with Crippen molar-refractivity contribution in [2.24, 2.45) is 0 Å². The number of benzene rings is 1. The molecule has 9 nitrogen and oxygen atoms in total. The molecular formula is C25H32N6O3. The summed E-state index contributed by atoms with van der Waals surface area (Å²) in [5.41, 5.74) is 3.09. The minimum absolute atomic E-state index is 0.101. The van der Waals surface area contributed by atoms with Gasteiger partial charge in [-0.15, -0.1) is 0 Å². The van der Waals surface area contributed by atoms with Crippen LogP contribution in [-0.2, 0) is 4.79 Å². The van der Waals surface area contributed by atoms with E-state index in [2.05, 4.69) is 49.8 Å². The van der Waals surface area contributed by atoms with Crippen LogP contribution in [-0.4, -0.2) is 81.6 Å². The number of β-amino-alcohol motifs (C(OH)–C–C–N with tert-alkyl or cyclic N) is 1. The molecule has 1 aliphatic carbocycles. The van der Waals surface area contributed by atoms with Crippen molar-refractivity contribution in [3.05, 3.63) is 53.5 Å². The molecule has 2 aromatic rings. The number of piperidine rings is 1. The normalized spacial score (nSPS) is 22.9. The zero-order chi connectivity index (χ0) is 23.7. The molecule has 180 valence electrons. The van der Waals surface area contributed by atoms with Gasteiger partial charge in [0.15, 0.2) is 0 Å². The van der Waals surface area contributed by atoms with Gasteiger partial charge in [0, 0.05) is 57.8 Å². The summed E-state index contributed by atoms with van der Waals surface area (Å²) in [6.07, 6.45) is 3.50. The summed E-state index contributed by atoms with van der Waals surface area (Å²) in [6, 6.07) is 10.8. The molecule has 2 bridgehead atoms. The lowest BCUT2D eigenvalue weighted by atomic mass is 9.99. The van der Waals surface area contributed by atoms with E-state index < -0.39 is 6.10 Å². The second kappa shape index (κ2) is 9.68. The number of nitrogens with one attached hydrogen (secondary N) is 2. The summed E-state index contributed by atoms with van der Waals surface area (Å²) in [6.45, 7) is 4.68. The van der Waals surface area contributed by atoms with Crippen molar-refractivity contribution >= 4 is 17.6 Å². The predicted octanol–water partition coefficient (Wildman–Crippen LogP) is 1.53. The quantitative estimate of drug-likeness (QED) is 0.570. The zero-order valence-corrected chi connectivity index (χ0v) is 19.5. The Morgan fingerprint density at radius 3 is 2.71 bits per heavy atom. The minimum atomic E-state index is -0.652. The Balaban J connectivity index is 1.10. The first-order valence-corrected chi connectivity index (χ1v) is 12.1. The standard InChI is InChI=1S/C25H32N6O3/c1-16(32)30-8-6-18(7-9-30)29-24-11-22(27-15-28-24)25(34)26-12-19(33)14-31-13-17-10-23(31)21-5-3-2-4-20(17)21/h2-5,11,15,17-19,23,33H,6-10,12-14H2,1H3,(H,26,34)(H,27,28,29)/t17?,19-,23?/m0/s1. The van der Waals surface area contributed by atoms with Crippen LogP contribution < -0.4 is 10.6 Å². The SMILES string of the molecule is CC(=O)N1CCC(Nc2cc(C(=O)NC[C@H](O)CN3CC4CC3c3ccccc34)ncn2)CC1. The smallest absolute Gasteiger partial charge is 0.270 e. The third-order valence-corrected chi connectivity index (χ3v) is 7.33. The van der Waals surface area contributed by atoms with Gasteiger partial charge in [0.2, 0.25) is 5.91 Å². The van der Waals surface area contributed by atoms with Gasteiger partial charge in [-0.05, 0) is 36.3 Å². The average molecular weight is 465 g/mol. The van der Waals surface area contributed by atoms with E-state index in [9.17, 15) is 14.7 Å². The van der Waals surface area contributed by atoms with Gasteiger partial charge < -0.3 is 20.6 Å². The molecule has 3 atom stereocenters. The number of aliphatic hydroxyl groups is 1. The van der Waals surface area contributed by atoms with Crippen molar-refractivity contribution in [2.45, 2.75) is 50.3 Å². The molecule has 2 aliphatic heterocycles. The Kier molecular flexibility index (Phi) is 6.47. The lowest BCUT2D eigenvalue weighted by Crippen LogP contribution is -2.41. The average Bonchev–Trinajstić information content (AvgIpc) is 3.42. The van der Waals surface area contributed by atoms with Crippen molar-refractivity contribution < 1.29 is 14.7 Å². The lowest BCUT2D eigenvalue weighted by Gasteiger charge is -2.31. The minimum Gasteiger partial charge on any atom is -0.390 e. The Bertz CT molecular complexity index is 1050. The largest absolute Gasteiger partial charge is 0.390 e. The van der Waals surface area contributed by atoms with E-state index in [1.54, 1.807) is 13.0 Å². The molecule has 0 spiro atoms. The number of carbonyl (C=O) groups is 2. The molecule has 34 heavy (non-hydrogen) atoms. The Morgan fingerprint density at radius 1 is 1.18 bits per heavy atom. The number of nitrogens with zero attached hydrogens (tertiary/aromatic N) is 4. The molecule has 9 heteroatoms. The molecule has 3 aliphatic rings. The first-order chi connectivity index (χ1) is 16.5. The van der Waals surface area contributed by atoms with Gasteiger partial charge in [0.05, 0.1) is 6.10 Å². The number of aromatic nitrogens is 2. The van der Waals surface area contributed by atoms with Crippen molar-refractivity contribution in [2.75, 3.05) is 38.0 Å². The fourth-order valence-electron chi connectivity index (χ4n) is 5.58. The summed E-state index contributed by atoms with van der Waals surface area (Å²) in [5.74, 6) is 0.909. The molecule has 1 aromatic carbocycles. The van der Waals surface area contributed by atoms with Gasteiger partial charge in [-0.25, -0.2) is 9.97 Å². The van der Waals surface area contributed by atoms with E-state index in [0.717, 1.165) is 25.8 Å². The summed E-state index contributed by atoms with van der Waals surface area (Å²) in [7, 11) is 0. The van der Waals surface area contributed by atoms with Crippen molar-refractivity contribution in [1.82, 2.24) is 25.1 Å². The van der Waals surface area contributed by atoms with Crippen LogP contribution in [0.5, 0.6) is 0 Å². The molecule has 3 heterocycles. The third kappa shape index (κ3) is 4.76. The predicted molar refractivity (Wildman–Crippen MR) is 127 cm³/mol. The van der Waals surface area contributed by atoms with E-state index in [-0.39, 0.29) is 30.1 Å². The molecule has 2 saturated heterocycles. The highest BCUT2D eigenvalue weighted by Crippen LogP contribution is 2.49. The summed E-state index contributed by atoms with van der Waals surface area (Å²) in [5, 5.41) is 16.7. The van der Waals surface area contributed by atoms with E-state index in [1.807, 2.05) is 4.90 Å². The van der Waals surface area contributed by atoms with E-state index in [4.69, 9.17) is 0 Å². The fourth-order valence-corrected chi connectivity index (χ4v) is 5.58. The molecular weight excluding hydrogens is 432 g/mol. The molecule has 0 radical (unpaired) electrons. The van der Waals surface area contributed by atoms with Gasteiger partial charge in [0.25, 0.3) is 5.91 Å². The van der Waals surface area contributed by atoms with Gasteiger partial charge in [-0.3, -0.25) is 14.5 Å². The number of anilines is 1. The van der Waals surface area contributed by atoms with E-state index >= 15 is 0 Å². The van der Waals surface area contributed by atoms with E-state index in [0.29, 0.717) is 37.4 Å². The third-order valence-electron chi connectivity index (χ3n) is 7.33. The van der Waals surface area contributed by atoms with Gasteiger partial charge >= 0.3 is 0 Å². The number of hydrogen-bond donors (Lipinski definition) is 3. The highest BCUT2D eigenvalue weighted by Gasteiger charge is 2.42. The highest BCUT2D eigenvalue weighted by molar-refractivity contribution is 5.92. The molecule has 5 rings (SSSR count). The van der Waals surface area contributed by atoms with E-state index in [1.165, 1.54) is 17.5 Å². The summed E-state index contributed by atoms with van der Waals surface area (Å²) < 4.78 is 0. The maximum Gasteiger partial charge on any atom is 0.270 e. The number of hydrogen-bond acceptors (Lipinski definition) is 7. The maximum atomic E-state index is 12.6. The van der Waals surface area contributed by atoms with Crippen LogP contribution in [0.25, 0.3) is 0 Å². The highest BCUT2D eigenvalue weighted by atomic mass is 16.3. The number of aliphatic hydroxyl groups excluding tert-OH is 1. The number of rotatable bonds is 7. The molecule has 3 N–H and O–H groups in total. The molecule has 2 fully saturated rings. The Labute approximate surface area is 199 Å². The topological polar surface area (TPSA) is 111 Å². The Morgan fingerprint density at radius 2 is 1.94 bits per heavy atom. The van der Waals surface area contributed by atoms with Crippen molar-refractivity contribution in [3.63, 3.8) is 0 Å². The van der Waals surface area contributed by atoms with Crippen LogP contribution in [0.2, 0.25) is 0 Å².